The molecule has 0 aromatic heterocycles. The number of benzene rings is 1. The highest BCUT2D eigenvalue weighted by atomic mass is 19.1. The molecule has 1 aromatic carbocycles. The molecule has 2 rings (SSSR count). The zero-order valence-corrected chi connectivity index (χ0v) is 9.96. The van der Waals surface area contributed by atoms with Crippen LogP contribution in [0.1, 0.15) is 24.9 Å². The lowest BCUT2D eigenvalue weighted by atomic mass is 10.1. The summed E-state index contributed by atoms with van der Waals surface area (Å²) < 4.78 is 29.9. The average Bonchev–Trinajstić information content (AvgIpc) is 2.51. The maximum atomic E-state index is 13.8. The Labute approximate surface area is 99.5 Å². The summed E-state index contributed by atoms with van der Waals surface area (Å²) in [6.07, 6.45) is 0.761. The number of ether oxygens (including phenoxy) is 3. The first-order valence-electron chi connectivity index (χ1n) is 5.56. The zero-order chi connectivity index (χ0) is 12.4. The van der Waals surface area contributed by atoms with Gasteiger partial charge in [0.25, 0.3) is 0 Å². The van der Waals surface area contributed by atoms with Gasteiger partial charge in [-0.25, -0.2) is 4.39 Å². The van der Waals surface area contributed by atoms with Crippen LogP contribution in [0, 0.1) is 5.82 Å². The topological polar surface area (TPSA) is 53.7 Å². The third kappa shape index (κ3) is 2.15. The van der Waals surface area contributed by atoms with Gasteiger partial charge in [-0.3, -0.25) is 0 Å². The minimum atomic E-state index is -0.482. The summed E-state index contributed by atoms with van der Waals surface area (Å²) in [5.74, 6) is 0.539. The standard InChI is InChI=1S/C12H16FNO3/c1-7(14)10-11(15-2)8(13)6-9-12(10)17-5-3-4-16-9/h6-7H,3-5,14H2,1-2H3. The summed E-state index contributed by atoms with van der Waals surface area (Å²) >= 11 is 0. The van der Waals surface area contributed by atoms with E-state index in [1.54, 1.807) is 6.92 Å². The van der Waals surface area contributed by atoms with Gasteiger partial charge in [0.2, 0.25) is 0 Å². The van der Waals surface area contributed by atoms with E-state index in [4.69, 9.17) is 19.9 Å². The van der Waals surface area contributed by atoms with Gasteiger partial charge in [-0.2, -0.15) is 0 Å². The van der Waals surface area contributed by atoms with Crippen molar-refractivity contribution in [3.63, 3.8) is 0 Å². The Kier molecular flexibility index (Phi) is 3.38. The molecular weight excluding hydrogens is 225 g/mol. The molecule has 0 saturated carbocycles. The van der Waals surface area contributed by atoms with E-state index in [1.807, 2.05) is 0 Å². The highest BCUT2D eigenvalue weighted by molar-refractivity contribution is 5.56. The largest absolute Gasteiger partial charge is 0.493 e. The Hall–Kier alpha value is -1.49. The molecule has 94 valence electrons. The molecule has 5 heteroatoms. The Morgan fingerprint density at radius 3 is 2.76 bits per heavy atom. The van der Waals surface area contributed by atoms with E-state index >= 15 is 0 Å². The molecule has 0 radical (unpaired) electrons. The van der Waals surface area contributed by atoms with Crippen LogP contribution >= 0.6 is 0 Å². The molecule has 0 fully saturated rings. The molecule has 2 N–H and O–H groups in total. The van der Waals surface area contributed by atoms with Gasteiger partial charge >= 0.3 is 0 Å². The van der Waals surface area contributed by atoms with Gasteiger partial charge in [0.1, 0.15) is 0 Å². The molecular formula is C12H16FNO3. The fourth-order valence-corrected chi connectivity index (χ4v) is 1.90. The van der Waals surface area contributed by atoms with E-state index in [2.05, 4.69) is 0 Å². The number of hydrogen-bond donors (Lipinski definition) is 1. The average molecular weight is 241 g/mol. The first-order valence-corrected chi connectivity index (χ1v) is 5.56. The van der Waals surface area contributed by atoms with E-state index in [0.29, 0.717) is 30.3 Å². The molecule has 0 amide bonds. The minimum absolute atomic E-state index is 0.129. The molecule has 0 saturated heterocycles. The second-order valence-corrected chi connectivity index (χ2v) is 3.97. The molecule has 17 heavy (non-hydrogen) atoms. The molecule has 1 unspecified atom stereocenters. The summed E-state index contributed by atoms with van der Waals surface area (Å²) in [6, 6.07) is 0.891. The number of hydrogen-bond acceptors (Lipinski definition) is 4. The first-order chi connectivity index (χ1) is 8.15. The van der Waals surface area contributed by atoms with Crippen LogP contribution < -0.4 is 19.9 Å². The van der Waals surface area contributed by atoms with Crippen LogP contribution in [0.4, 0.5) is 4.39 Å². The first kappa shape index (κ1) is 12.0. The number of nitrogens with two attached hydrogens (primary N) is 1. The van der Waals surface area contributed by atoms with Crippen molar-refractivity contribution < 1.29 is 18.6 Å². The van der Waals surface area contributed by atoms with Crippen molar-refractivity contribution >= 4 is 0 Å². The van der Waals surface area contributed by atoms with Crippen LogP contribution in [-0.2, 0) is 0 Å². The highest BCUT2D eigenvalue weighted by Crippen LogP contribution is 2.43. The van der Waals surface area contributed by atoms with Crippen LogP contribution in [0.3, 0.4) is 0 Å². The van der Waals surface area contributed by atoms with Gasteiger partial charge in [0.05, 0.1) is 25.9 Å². The summed E-state index contributed by atoms with van der Waals surface area (Å²) in [5.41, 5.74) is 6.37. The number of methoxy groups -OCH3 is 1. The molecule has 1 atom stereocenters. The molecule has 1 heterocycles. The van der Waals surface area contributed by atoms with Gasteiger partial charge in [-0.1, -0.05) is 0 Å². The molecule has 0 bridgehead atoms. The predicted molar refractivity (Wildman–Crippen MR) is 61.2 cm³/mol. The normalized spacial score (nSPS) is 16.2. The Balaban J connectivity index is 2.62. The van der Waals surface area contributed by atoms with Crippen molar-refractivity contribution in [3.05, 3.63) is 17.4 Å². The maximum absolute atomic E-state index is 13.8. The van der Waals surface area contributed by atoms with Crippen molar-refractivity contribution in [2.45, 2.75) is 19.4 Å². The third-order valence-corrected chi connectivity index (χ3v) is 2.64. The van der Waals surface area contributed by atoms with Gasteiger partial charge in [0.15, 0.2) is 23.1 Å². The number of halogens is 1. The second-order valence-electron chi connectivity index (χ2n) is 3.97. The Morgan fingerprint density at radius 2 is 2.12 bits per heavy atom. The van der Waals surface area contributed by atoms with Crippen molar-refractivity contribution in [1.29, 1.82) is 0 Å². The molecule has 0 aliphatic carbocycles. The van der Waals surface area contributed by atoms with Crippen molar-refractivity contribution in [3.8, 4) is 17.2 Å². The predicted octanol–water partition coefficient (Wildman–Crippen LogP) is 2.02. The minimum Gasteiger partial charge on any atom is -0.493 e. The van der Waals surface area contributed by atoms with E-state index in [9.17, 15) is 4.39 Å². The summed E-state index contributed by atoms with van der Waals surface area (Å²) in [5, 5.41) is 0. The number of rotatable bonds is 2. The van der Waals surface area contributed by atoms with Crippen LogP contribution in [0.5, 0.6) is 17.2 Å². The molecule has 1 aromatic rings. The van der Waals surface area contributed by atoms with Crippen LogP contribution in [-0.4, -0.2) is 20.3 Å². The van der Waals surface area contributed by atoms with Crippen LogP contribution in [0.25, 0.3) is 0 Å². The lowest BCUT2D eigenvalue weighted by Gasteiger charge is -2.18. The van der Waals surface area contributed by atoms with E-state index in [1.165, 1.54) is 13.2 Å². The van der Waals surface area contributed by atoms with E-state index in [-0.39, 0.29) is 5.75 Å². The monoisotopic (exact) mass is 241 g/mol. The maximum Gasteiger partial charge on any atom is 0.169 e. The van der Waals surface area contributed by atoms with E-state index in [0.717, 1.165) is 6.42 Å². The quantitative estimate of drug-likeness (QED) is 0.860. The highest BCUT2D eigenvalue weighted by Gasteiger charge is 2.25. The van der Waals surface area contributed by atoms with Gasteiger partial charge in [-0.15, -0.1) is 0 Å². The summed E-state index contributed by atoms with van der Waals surface area (Å²) in [7, 11) is 1.41. The van der Waals surface area contributed by atoms with Crippen molar-refractivity contribution in [2.75, 3.05) is 20.3 Å². The number of fused-ring (bicyclic) bond motifs is 1. The fourth-order valence-electron chi connectivity index (χ4n) is 1.90. The Morgan fingerprint density at radius 1 is 1.41 bits per heavy atom. The lowest BCUT2D eigenvalue weighted by Crippen LogP contribution is -2.11. The molecule has 1 aliphatic heterocycles. The second kappa shape index (κ2) is 4.79. The van der Waals surface area contributed by atoms with Crippen molar-refractivity contribution in [2.24, 2.45) is 5.73 Å². The van der Waals surface area contributed by atoms with Crippen LogP contribution in [0.15, 0.2) is 6.07 Å². The van der Waals surface area contributed by atoms with Crippen molar-refractivity contribution in [1.82, 2.24) is 0 Å². The van der Waals surface area contributed by atoms with Crippen LogP contribution in [0.2, 0.25) is 0 Å². The van der Waals surface area contributed by atoms with E-state index < -0.39 is 11.9 Å². The summed E-state index contributed by atoms with van der Waals surface area (Å²) in [6.45, 7) is 2.80. The van der Waals surface area contributed by atoms with Gasteiger partial charge < -0.3 is 19.9 Å². The lowest BCUT2D eigenvalue weighted by molar-refractivity contribution is 0.295. The molecule has 0 spiro atoms. The SMILES string of the molecule is COc1c(F)cc2c(c1C(C)N)OCCCO2. The Bertz CT molecular complexity index is 421. The summed E-state index contributed by atoms with van der Waals surface area (Å²) in [4.78, 5) is 0. The fraction of sp³-hybridized carbons (Fsp3) is 0.500. The van der Waals surface area contributed by atoms with Gasteiger partial charge in [0, 0.05) is 18.5 Å². The zero-order valence-electron chi connectivity index (χ0n) is 9.96. The third-order valence-electron chi connectivity index (χ3n) is 2.64. The molecule has 1 aliphatic rings. The smallest absolute Gasteiger partial charge is 0.169 e. The van der Waals surface area contributed by atoms with Gasteiger partial charge in [-0.05, 0) is 6.92 Å². The molecule has 4 nitrogen and oxygen atoms in total.